The van der Waals surface area contributed by atoms with E-state index < -0.39 is 12.1 Å². The normalized spacial score (nSPS) is 13.3. The molecule has 1 N–H and O–H groups in total. The third-order valence-electron chi connectivity index (χ3n) is 11.5. The van der Waals surface area contributed by atoms with Crippen molar-refractivity contribution in [3.63, 3.8) is 0 Å². The number of carbonyl (C=O) groups excluding carboxylic acids is 2. The van der Waals surface area contributed by atoms with Crippen LogP contribution in [0.1, 0.15) is 232 Å². The average molecular weight is 940 g/mol. The van der Waals surface area contributed by atoms with Crippen molar-refractivity contribution < 1.29 is 24.2 Å². The second-order valence-electron chi connectivity index (χ2n) is 17.9. The van der Waals surface area contributed by atoms with E-state index >= 15 is 0 Å². The fourth-order valence-electron chi connectivity index (χ4n) is 7.37. The summed E-state index contributed by atoms with van der Waals surface area (Å²) in [5, 5.41) is 9.62. The van der Waals surface area contributed by atoms with E-state index in [9.17, 15) is 14.7 Å². The van der Waals surface area contributed by atoms with Crippen molar-refractivity contribution in [1.82, 2.24) is 0 Å². The summed E-state index contributed by atoms with van der Waals surface area (Å²) in [6.45, 7) is 3.85. The molecule has 1 unspecified atom stereocenters. The van der Waals surface area contributed by atoms with Crippen LogP contribution in [0.25, 0.3) is 0 Å². The topological polar surface area (TPSA) is 72.8 Å². The van der Waals surface area contributed by atoms with Gasteiger partial charge in [-0.1, -0.05) is 257 Å². The highest BCUT2D eigenvalue weighted by Gasteiger charge is 2.15. The van der Waals surface area contributed by atoms with Gasteiger partial charge in [0, 0.05) is 12.8 Å². The summed E-state index contributed by atoms with van der Waals surface area (Å²) in [5.41, 5.74) is 0. The molecule has 0 aliphatic heterocycles. The van der Waals surface area contributed by atoms with E-state index in [1.165, 1.54) is 109 Å². The van der Waals surface area contributed by atoms with Crippen LogP contribution in [0.5, 0.6) is 0 Å². The fraction of sp³-hybridized carbons (Fsp3) is 0.619. The summed E-state index contributed by atoms with van der Waals surface area (Å²) in [5.74, 6) is -0.691. The molecule has 1 atom stereocenters. The molecular weight excluding hydrogens is 837 g/mol. The zero-order valence-electron chi connectivity index (χ0n) is 43.8. The maximum Gasteiger partial charge on any atom is 0.306 e. The predicted molar refractivity (Wildman–Crippen MR) is 297 cm³/mol. The summed E-state index contributed by atoms with van der Waals surface area (Å²) >= 11 is 0. The third-order valence-corrected chi connectivity index (χ3v) is 11.5. The predicted octanol–water partition coefficient (Wildman–Crippen LogP) is 18.9. The summed E-state index contributed by atoms with van der Waals surface area (Å²) < 4.78 is 10.6. The number of unbranched alkanes of at least 4 members (excludes halogenated alkanes) is 19. The second-order valence-corrected chi connectivity index (χ2v) is 17.9. The second kappa shape index (κ2) is 57.4. The quantitative estimate of drug-likeness (QED) is 0.0374. The van der Waals surface area contributed by atoms with Crippen LogP contribution in [0.15, 0.2) is 134 Å². The van der Waals surface area contributed by atoms with Crippen molar-refractivity contribution in [2.45, 2.75) is 238 Å². The van der Waals surface area contributed by atoms with Gasteiger partial charge in [0.1, 0.15) is 6.61 Å². The summed E-state index contributed by atoms with van der Waals surface area (Å²) in [6.07, 6.45) is 85.8. The van der Waals surface area contributed by atoms with Gasteiger partial charge in [0.05, 0.1) is 6.61 Å². The average Bonchev–Trinajstić information content (AvgIpc) is 3.34. The van der Waals surface area contributed by atoms with E-state index in [1.54, 1.807) is 0 Å². The maximum atomic E-state index is 12.2. The van der Waals surface area contributed by atoms with Gasteiger partial charge in [-0.15, -0.1) is 0 Å². The number of hydrogen-bond acceptors (Lipinski definition) is 5. The van der Waals surface area contributed by atoms with Crippen molar-refractivity contribution >= 4 is 11.9 Å². The molecule has 0 heterocycles. The van der Waals surface area contributed by atoms with Crippen LogP contribution >= 0.6 is 0 Å². The first-order valence-corrected chi connectivity index (χ1v) is 27.7. The first kappa shape index (κ1) is 64.0. The molecule has 0 aliphatic rings. The van der Waals surface area contributed by atoms with Crippen LogP contribution in [0.3, 0.4) is 0 Å². The number of hydrogen-bond donors (Lipinski definition) is 1. The first-order chi connectivity index (χ1) is 33.6. The monoisotopic (exact) mass is 939 g/mol. The van der Waals surface area contributed by atoms with Crippen LogP contribution < -0.4 is 0 Å². The van der Waals surface area contributed by atoms with Gasteiger partial charge in [0.2, 0.25) is 0 Å². The highest BCUT2D eigenvalue weighted by molar-refractivity contribution is 5.70. The molecule has 5 heteroatoms. The minimum absolute atomic E-state index is 0.102. The Hall–Kier alpha value is -3.96. The van der Waals surface area contributed by atoms with Crippen LogP contribution in [0, 0.1) is 0 Å². The number of esters is 2. The minimum Gasteiger partial charge on any atom is -0.462 e. The lowest BCUT2D eigenvalue weighted by Crippen LogP contribution is -2.28. The Morgan fingerprint density at radius 2 is 0.618 bits per heavy atom. The molecule has 0 saturated heterocycles. The van der Waals surface area contributed by atoms with Gasteiger partial charge < -0.3 is 14.6 Å². The van der Waals surface area contributed by atoms with Crippen LogP contribution in [0.2, 0.25) is 0 Å². The number of carbonyl (C=O) groups is 2. The van der Waals surface area contributed by atoms with Gasteiger partial charge in [-0.2, -0.15) is 0 Å². The molecule has 0 aromatic heterocycles. The van der Waals surface area contributed by atoms with E-state index in [0.717, 1.165) is 89.9 Å². The SMILES string of the molecule is CC/C=C\C/C=C\C/C=C\C/C=C\C/C=C\C/C=C\CCC(=O)OC(CO)COC(=O)CCCCCCCCCCCCCCCCCCCCC/C=C\C/C=C\C/C=C\C/C=C\C/C=C\CC. The lowest BCUT2D eigenvalue weighted by molar-refractivity contribution is -0.161. The zero-order valence-corrected chi connectivity index (χ0v) is 43.8. The zero-order chi connectivity index (χ0) is 49.2. The molecule has 5 nitrogen and oxygen atoms in total. The Labute approximate surface area is 419 Å². The highest BCUT2D eigenvalue weighted by Crippen LogP contribution is 2.16. The number of aliphatic hydroxyl groups excluding tert-OH is 1. The summed E-state index contributed by atoms with van der Waals surface area (Å²) in [6, 6.07) is 0. The van der Waals surface area contributed by atoms with Gasteiger partial charge in [0.15, 0.2) is 6.10 Å². The Kier molecular flexibility index (Phi) is 54.0. The van der Waals surface area contributed by atoms with Crippen LogP contribution in [-0.4, -0.2) is 36.4 Å². The Morgan fingerprint density at radius 3 is 0.941 bits per heavy atom. The molecule has 384 valence electrons. The standard InChI is InChI=1S/C63H102O5/c1-3-5-7-9-11-13-15-17-19-21-23-24-25-26-27-28-29-30-31-32-33-34-35-36-37-38-40-41-43-45-47-49-51-53-55-57-62(65)67-60-61(59-64)68-63(66)58-56-54-52-50-48-46-44-42-39-22-20-18-16-14-12-10-8-6-4-2/h5-8,11-14,17-20,23-24,26-27,39,42,46,48,52,54,61,64H,3-4,9-10,15-16,21-22,25,28-38,40-41,43-45,47,49-51,53,55-60H2,1-2H3/b7-5-,8-6-,13-11-,14-12-,19-17-,20-18-,24-23-,27-26-,42-39-,48-46-,54-52-. The van der Waals surface area contributed by atoms with E-state index in [1.807, 2.05) is 12.2 Å². The van der Waals surface area contributed by atoms with Crippen molar-refractivity contribution in [1.29, 1.82) is 0 Å². The Morgan fingerprint density at radius 1 is 0.338 bits per heavy atom. The molecule has 68 heavy (non-hydrogen) atoms. The number of allylic oxidation sites excluding steroid dienone is 22. The molecule has 0 aromatic rings. The van der Waals surface area contributed by atoms with Crippen LogP contribution in [0.4, 0.5) is 0 Å². The molecule has 0 saturated carbocycles. The van der Waals surface area contributed by atoms with Crippen molar-refractivity contribution in [2.75, 3.05) is 13.2 Å². The van der Waals surface area contributed by atoms with E-state index in [2.05, 4.69) is 135 Å². The van der Waals surface area contributed by atoms with Crippen molar-refractivity contribution in [2.24, 2.45) is 0 Å². The molecule has 0 radical (unpaired) electrons. The van der Waals surface area contributed by atoms with E-state index in [-0.39, 0.29) is 25.6 Å². The molecule has 0 aliphatic carbocycles. The molecule has 0 spiro atoms. The fourth-order valence-corrected chi connectivity index (χ4v) is 7.37. The van der Waals surface area contributed by atoms with Gasteiger partial charge in [-0.3, -0.25) is 9.59 Å². The molecule has 0 rings (SSSR count). The Bertz CT molecular complexity index is 1430. The van der Waals surface area contributed by atoms with E-state index in [4.69, 9.17) is 9.47 Å². The summed E-state index contributed by atoms with van der Waals surface area (Å²) in [7, 11) is 0. The lowest BCUT2D eigenvalue weighted by Gasteiger charge is -2.15. The lowest BCUT2D eigenvalue weighted by atomic mass is 10.0. The molecule has 0 fully saturated rings. The molecule has 0 aromatic carbocycles. The van der Waals surface area contributed by atoms with Crippen molar-refractivity contribution in [3.8, 4) is 0 Å². The summed E-state index contributed by atoms with van der Waals surface area (Å²) in [4.78, 5) is 24.4. The van der Waals surface area contributed by atoms with Gasteiger partial charge in [-0.05, 0) is 96.3 Å². The minimum atomic E-state index is -0.820. The highest BCUT2D eigenvalue weighted by atomic mass is 16.6. The maximum absolute atomic E-state index is 12.2. The molecule has 0 bridgehead atoms. The number of ether oxygens (including phenoxy) is 2. The van der Waals surface area contributed by atoms with Crippen molar-refractivity contribution in [3.05, 3.63) is 134 Å². The Balaban J connectivity index is 3.54. The number of rotatable bonds is 49. The molecule has 0 amide bonds. The smallest absolute Gasteiger partial charge is 0.306 e. The molecular formula is C63H102O5. The van der Waals surface area contributed by atoms with Crippen LogP contribution in [-0.2, 0) is 19.1 Å². The van der Waals surface area contributed by atoms with Gasteiger partial charge in [-0.25, -0.2) is 0 Å². The number of aliphatic hydroxyl groups is 1. The van der Waals surface area contributed by atoms with E-state index in [0.29, 0.717) is 12.8 Å². The van der Waals surface area contributed by atoms with Gasteiger partial charge in [0.25, 0.3) is 0 Å². The largest absolute Gasteiger partial charge is 0.462 e. The van der Waals surface area contributed by atoms with Gasteiger partial charge >= 0.3 is 11.9 Å². The third kappa shape index (κ3) is 54.6. The first-order valence-electron chi connectivity index (χ1n) is 27.7.